The van der Waals surface area contributed by atoms with Crippen LogP contribution in [0.4, 0.5) is 0 Å². The van der Waals surface area contributed by atoms with Gasteiger partial charge in [-0.05, 0) is 42.3 Å². The summed E-state index contributed by atoms with van der Waals surface area (Å²) in [6.45, 7) is 1.69. The average molecular weight is 440 g/mol. The van der Waals surface area contributed by atoms with E-state index in [1.165, 1.54) is 12.1 Å². The number of carbonyl (C=O) groups is 1. The molecule has 9 heteroatoms. The van der Waals surface area contributed by atoms with Crippen LogP contribution in [0.1, 0.15) is 33.2 Å². The molecule has 0 aliphatic carbocycles. The van der Waals surface area contributed by atoms with E-state index in [1.54, 1.807) is 19.1 Å². The van der Waals surface area contributed by atoms with Crippen molar-refractivity contribution in [2.75, 3.05) is 0 Å². The largest absolute Gasteiger partial charge is 0.508 e. The Morgan fingerprint density at radius 1 is 0.906 bits per heavy atom. The summed E-state index contributed by atoms with van der Waals surface area (Å²) >= 11 is 0. The number of ether oxygens (including phenoxy) is 2. The summed E-state index contributed by atoms with van der Waals surface area (Å²) in [6, 6.07) is 9.10. The molecule has 1 aliphatic heterocycles. The summed E-state index contributed by atoms with van der Waals surface area (Å²) in [5.74, 6) is -3.21. The number of hydrogen-bond acceptors (Lipinski definition) is 9. The highest BCUT2D eigenvalue weighted by Crippen LogP contribution is 2.43. The summed E-state index contributed by atoms with van der Waals surface area (Å²) < 4.78 is 11.6. The third kappa shape index (κ3) is 3.76. The summed E-state index contributed by atoms with van der Waals surface area (Å²) in [4.78, 5) is 12.8. The van der Waals surface area contributed by atoms with Crippen molar-refractivity contribution in [1.82, 2.24) is 0 Å². The zero-order valence-electron chi connectivity index (χ0n) is 16.8. The van der Waals surface area contributed by atoms with Crippen molar-refractivity contribution in [3.05, 3.63) is 64.7 Å². The van der Waals surface area contributed by atoms with Crippen molar-refractivity contribution in [3.63, 3.8) is 0 Å². The van der Waals surface area contributed by atoms with Gasteiger partial charge in [0.05, 0.1) is 5.56 Å². The Hall–Kier alpha value is -4.27. The minimum absolute atomic E-state index is 0.0355. The van der Waals surface area contributed by atoms with Gasteiger partial charge in [0.2, 0.25) is 0 Å². The van der Waals surface area contributed by atoms with Crippen LogP contribution in [0.15, 0.2) is 42.5 Å². The standard InChI is InChI=1S/C23H20O9/c1-10-4-11(2-3-15(10)25)22-20(9-14-16(26)7-13(24)8-19(14)31-22)32-23(30)12-5-17(27)21(29)18(28)6-12/h2-8,20,22,24-29H,9H2,1H3/t20-,22+/m0/s1. The number of phenolic OH excluding ortho intramolecular Hbond substituents is 6. The van der Waals surface area contributed by atoms with Crippen LogP contribution >= 0.6 is 0 Å². The Bertz CT molecular complexity index is 1200. The van der Waals surface area contributed by atoms with E-state index in [1.807, 2.05) is 0 Å². The molecule has 0 unspecified atom stereocenters. The van der Waals surface area contributed by atoms with Gasteiger partial charge in [-0.2, -0.15) is 0 Å². The molecule has 0 radical (unpaired) electrons. The van der Waals surface area contributed by atoms with E-state index < -0.39 is 35.4 Å². The molecule has 3 aromatic carbocycles. The van der Waals surface area contributed by atoms with Crippen molar-refractivity contribution < 1.29 is 44.9 Å². The highest BCUT2D eigenvalue weighted by atomic mass is 16.6. The maximum Gasteiger partial charge on any atom is 0.338 e. The predicted octanol–water partition coefficient (Wildman–Crippen LogP) is 3.13. The fourth-order valence-corrected chi connectivity index (χ4v) is 3.62. The van der Waals surface area contributed by atoms with E-state index >= 15 is 0 Å². The van der Waals surface area contributed by atoms with Gasteiger partial charge in [0.15, 0.2) is 23.4 Å². The van der Waals surface area contributed by atoms with Gasteiger partial charge in [-0.15, -0.1) is 0 Å². The summed E-state index contributed by atoms with van der Waals surface area (Å²) in [5, 5.41) is 58.8. The normalized spacial score (nSPS) is 17.3. The Morgan fingerprint density at radius 3 is 2.25 bits per heavy atom. The zero-order valence-corrected chi connectivity index (χ0v) is 16.8. The first-order valence-corrected chi connectivity index (χ1v) is 9.61. The number of rotatable bonds is 3. The third-order valence-corrected chi connectivity index (χ3v) is 5.28. The lowest BCUT2D eigenvalue weighted by Gasteiger charge is -2.34. The van der Waals surface area contributed by atoms with Crippen molar-refractivity contribution in [2.24, 2.45) is 0 Å². The number of fused-ring (bicyclic) bond motifs is 1. The molecule has 1 aliphatic rings. The fourth-order valence-electron chi connectivity index (χ4n) is 3.62. The summed E-state index contributed by atoms with van der Waals surface area (Å²) in [5.41, 5.74) is 1.25. The van der Waals surface area contributed by atoms with E-state index in [9.17, 15) is 35.4 Å². The zero-order chi connectivity index (χ0) is 23.2. The Morgan fingerprint density at radius 2 is 1.59 bits per heavy atom. The van der Waals surface area contributed by atoms with E-state index in [0.717, 1.165) is 18.2 Å². The molecule has 0 saturated heterocycles. The first-order chi connectivity index (χ1) is 15.1. The Balaban J connectivity index is 1.72. The Labute approximate surface area is 182 Å². The SMILES string of the molecule is Cc1cc([C@H]2Oc3cc(O)cc(O)c3C[C@@H]2OC(=O)c2cc(O)c(O)c(O)c2)ccc1O. The van der Waals surface area contributed by atoms with Crippen molar-refractivity contribution in [3.8, 4) is 40.2 Å². The molecule has 4 rings (SSSR count). The smallest absolute Gasteiger partial charge is 0.338 e. The second-order valence-electron chi connectivity index (χ2n) is 7.54. The van der Waals surface area contributed by atoms with Crippen LogP contribution in [0.3, 0.4) is 0 Å². The van der Waals surface area contributed by atoms with Crippen molar-refractivity contribution in [1.29, 1.82) is 0 Å². The van der Waals surface area contributed by atoms with Crippen LogP contribution < -0.4 is 4.74 Å². The average Bonchev–Trinajstić information content (AvgIpc) is 2.73. The minimum atomic E-state index is -0.951. The molecule has 0 aromatic heterocycles. The number of phenols is 6. The lowest BCUT2D eigenvalue weighted by molar-refractivity contribution is -0.0188. The highest BCUT2D eigenvalue weighted by Gasteiger charge is 2.36. The van der Waals surface area contributed by atoms with Gasteiger partial charge in [0.1, 0.15) is 29.1 Å². The van der Waals surface area contributed by atoms with Crippen LogP contribution in [0.2, 0.25) is 0 Å². The topological polar surface area (TPSA) is 157 Å². The first-order valence-electron chi connectivity index (χ1n) is 9.61. The molecule has 0 bridgehead atoms. The molecule has 3 aromatic rings. The van der Waals surface area contributed by atoms with Gasteiger partial charge < -0.3 is 40.1 Å². The van der Waals surface area contributed by atoms with Crippen LogP contribution in [-0.2, 0) is 11.2 Å². The second-order valence-corrected chi connectivity index (χ2v) is 7.54. The molecule has 32 heavy (non-hydrogen) atoms. The maximum absolute atomic E-state index is 12.8. The third-order valence-electron chi connectivity index (χ3n) is 5.28. The molecule has 9 nitrogen and oxygen atoms in total. The monoisotopic (exact) mass is 440 g/mol. The van der Waals surface area contributed by atoms with Gasteiger partial charge in [-0.25, -0.2) is 4.79 Å². The number of carbonyl (C=O) groups excluding carboxylic acids is 1. The molecule has 0 fully saturated rings. The predicted molar refractivity (Wildman–Crippen MR) is 110 cm³/mol. The van der Waals surface area contributed by atoms with Gasteiger partial charge in [-0.3, -0.25) is 0 Å². The lowest BCUT2D eigenvalue weighted by atomic mass is 9.93. The van der Waals surface area contributed by atoms with E-state index in [0.29, 0.717) is 16.7 Å². The minimum Gasteiger partial charge on any atom is -0.508 e. The Kier molecular flexibility index (Phi) is 5.09. The highest BCUT2D eigenvalue weighted by molar-refractivity contribution is 5.91. The number of aryl methyl sites for hydroxylation is 1. The molecule has 6 N–H and O–H groups in total. The van der Waals surface area contributed by atoms with Gasteiger partial charge in [0.25, 0.3) is 0 Å². The molecule has 0 spiro atoms. The van der Waals surface area contributed by atoms with Gasteiger partial charge in [0, 0.05) is 24.1 Å². The number of esters is 1. The van der Waals surface area contributed by atoms with Crippen LogP contribution in [0, 0.1) is 6.92 Å². The molecular formula is C23H20O9. The maximum atomic E-state index is 12.8. The molecule has 0 amide bonds. The summed E-state index contributed by atoms with van der Waals surface area (Å²) in [7, 11) is 0. The molecule has 0 saturated carbocycles. The van der Waals surface area contributed by atoms with Crippen molar-refractivity contribution >= 4 is 5.97 Å². The van der Waals surface area contributed by atoms with E-state index in [2.05, 4.69) is 0 Å². The van der Waals surface area contributed by atoms with Crippen molar-refractivity contribution in [2.45, 2.75) is 25.6 Å². The molecule has 166 valence electrons. The quantitative estimate of drug-likeness (QED) is 0.266. The van der Waals surface area contributed by atoms with Gasteiger partial charge in [-0.1, -0.05) is 6.07 Å². The van der Waals surface area contributed by atoms with Crippen LogP contribution in [0.25, 0.3) is 0 Å². The second kappa shape index (κ2) is 7.77. The number of benzene rings is 3. The van der Waals surface area contributed by atoms with E-state index in [4.69, 9.17) is 9.47 Å². The first kappa shape index (κ1) is 21.0. The molecule has 1 heterocycles. The van der Waals surface area contributed by atoms with Crippen LogP contribution in [-0.4, -0.2) is 42.7 Å². The van der Waals surface area contributed by atoms with Gasteiger partial charge >= 0.3 is 5.97 Å². The number of hydrogen-bond donors (Lipinski definition) is 6. The number of aromatic hydroxyl groups is 6. The lowest BCUT2D eigenvalue weighted by Crippen LogP contribution is -2.34. The summed E-state index contributed by atoms with van der Waals surface area (Å²) in [6.07, 6.45) is -1.77. The fraction of sp³-hybridized carbons (Fsp3) is 0.174. The van der Waals surface area contributed by atoms with Crippen LogP contribution in [0.5, 0.6) is 40.2 Å². The molecular weight excluding hydrogens is 420 g/mol. The van der Waals surface area contributed by atoms with E-state index in [-0.39, 0.29) is 35.0 Å². The molecule has 2 atom stereocenters.